The lowest BCUT2D eigenvalue weighted by atomic mass is 9.89. The van der Waals surface area contributed by atoms with E-state index in [1.807, 2.05) is 0 Å². The zero-order chi connectivity index (χ0) is 9.05. The third-order valence-electron chi connectivity index (χ3n) is 2.81. The van der Waals surface area contributed by atoms with Crippen LogP contribution >= 0.6 is 0 Å². The number of hydrogen-bond donors (Lipinski definition) is 0. The molecule has 0 saturated carbocycles. The number of rotatable bonds is 0. The molecule has 2 aliphatic rings. The van der Waals surface area contributed by atoms with Gasteiger partial charge >= 0.3 is 0 Å². The highest BCUT2D eigenvalue weighted by Crippen LogP contribution is 2.44. The highest BCUT2D eigenvalue weighted by molar-refractivity contribution is 7.86. The first kappa shape index (κ1) is 7.44. The van der Waals surface area contributed by atoms with Crippen molar-refractivity contribution in [1.29, 1.82) is 0 Å². The van der Waals surface area contributed by atoms with Gasteiger partial charge in [-0.1, -0.05) is 18.2 Å². The minimum absolute atomic E-state index is 0.111. The third kappa shape index (κ3) is 0.735. The summed E-state index contributed by atoms with van der Waals surface area (Å²) >= 11 is 0. The van der Waals surface area contributed by atoms with E-state index in [0.29, 0.717) is 0 Å². The highest BCUT2D eigenvalue weighted by Gasteiger charge is 2.42. The topological polar surface area (TPSA) is 24.7 Å². The molecule has 2 heterocycles. The summed E-state index contributed by atoms with van der Waals surface area (Å²) < 4.78 is 9.25. The molecule has 3 rings (SSSR count). The molecule has 2 atom stereocenters. The van der Waals surface area contributed by atoms with E-state index in [1.54, 1.807) is 0 Å². The summed E-state index contributed by atoms with van der Waals surface area (Å²) in [7, 11) is -0.192. The van der Waals surface area contributed by atoms with Crippen molar-refractivity contribution in [2.24, 2.45) is 8.76 Å². The van der Waals surface area contributed by atoms with Crippen LogP contribution in [-0.4, -0.2) is 5.71 Å². The maximum absolute atomic E-state index is 4.70. The second-order valence-electron chi connectivity index (χ2n) is 3.60. The van der Waals surface area contributed by atoms with Gasteiger partial charge in [0, 0.05) is 21.3 Å². The van der Waals surface area contributed by atoms with E-state index in [4.69, 9.17) is 4.36 Å². The summed E-state index contributed by atoms with van der Waals surface area (Å²) in [5.41, 5.74) is 2.40. The molecule has 0 fully saturated rings. The molecule has 2 aliphatic heterocycles. The van der Waals surface area contributed by atoms with E-state index in [0.717, 1.165) is 5.71 Å². The third-order valence-corrected chi connectivity index (χ3v) is 4.54. The second kappa shape index (κ2) is 2.10. The van der Waals surface area contributed by atoms with Gasteiger partial charge in [-0.25, -0.2) is 8.76 Å². The van der Waals surface area contributed by atoms with Crippen molar-refractivity contribution >= 4 is 16.6 Å². The van der Waals surface area contributed by atoms with E-state index in [-0.39, 0.29) is 16.4 Å². The Kier molecular flexibility index (Phi) is 1.20. The van der Waals surface area contributed by atoms with Gasteiger partial charge in [0.15, 0.2) is 0 Å². The van der Waals surface area contributed by atoms with Crippen LogP contribution in [0.1, 0.15) is 19.4 Å². The Morgan fingerprint density at radius 1 is 1.31 bits per heavy atom. The summed E-state index contributed by atoms with van der Waals surface area (Å²) in [6.07, 6.45) is 0. The molecule has 0 N–H and O–H groups in total. The zero-order valence-electron chi connectivity index (χ0n) is 7.61. The Labute approximate surface area is 79.9 Å². The van der Waals surface area contributed by atoms with Gasteiger partial charge in [0.1, 0.15) is 5.54 Å². The van der Waals surface area contributed by atoms with Crippen molar-refractivity contribution in [1.82, 2.24) is 0 Å². The van der Waals surface area contributed by atoms with Crippen LogP contribution in [-0.2, 0) is 16.4 Å². The summed E-state index contributed by atoms with van der Waals surface area (Å²) in [6.45, 7) is 4.23. The maximum Gasteiger partial charge on any atom is 0.131 e. The van der Waals surface area contributed by atoms with E-state index < -0.39 is 0 Å². The number of nitrogens with zero attached hydrogens (tertiary/aromatic N) is 2. The lowest BCUT2D eigenvalue weighted by Gasteiger charge is -2.20. The molecule has 0 aromatic heterocycles. The maximum atomic E-state index is 4.70. The van der Waals surface area contributed by atoms with Gasteiger partial charge in [-0.2, -0.15) is 0 Å². The van der Waals surface area contributed by atoms with Gasteiger partial charge < -0.3 is 0 Å². The molecule has 13 heavy (non-hydrogen) atoms. The lowest BCUT2D eigenvalue weighted by molar-refractivity contribution is 0.693. The Morgan fingerprint density at radius 3 is 2.92 bits per heavy atom. The van der Waals surface area contributed by atoms with Gasteiger partial charge in [-0.05, 0) is 19.9 Å². The van der Waals surface area contributed by atoms with Gasteiger partial charge in [-0.3, -0.25) is 0 Å². The minimum atomic E-state index is -0.192. The van der Waals surface area contributed by atoms with Crippen LogP contribution in [0.25, 0.3) is 0 Å². The lowest BCUT2D eigenvalue weighted by Crippen LogP contribution is -2.25. The summed E-state index contributed by atoms with van der Waals surface area (Å²) in [6, 6.07) is 8.46. The second-order valence-corrected chi connectivity index (χ2v) is 4.93. The number of hydrogen-bond acceptors (Lipinski definition) is 2. The van der Waals surface area contributed by atoms with Crippen LogP contribution in [0.4, 0.5) is 0 Å². The van der Waals surface area contributed by atoms with E-state index >= 15 is 0 Å². The standard InChI is InChI=1S/C10H10N2S/c1-7-10(2)8-5-3-4-6-9(8)13(11-7)12-10/h3-6H,1-2H3. The molecular weight excluding hydrogens is 180 g/mol. The van der Waals surface area contributed by atoms with Crippen molar-refractivity contribution < 1.29 is 0 Å². The SMILES string of the molecule is CC1=NS2=NC1(C)c1ccccc12. The predicted molar refractivity (Wildman–Crippen MR) is 55.0 cm³/mol. The molecule has 0 aliphatic carbocycles. The molecule has 2 unspecified atom stereocenters. The van der Waals surface area contributed by atoms with Crippen LogP contribution in [0.15, 0.2) is 37.9 Å². The smallest absolute Gasteiger partial charge is 0.131 e. The largest absolute Gasteiger partial charge is 0.221 e. The average Bonchev–Trinajstić information content (AvgIpc) is 2.57. The first-order valence-electron chi connectivity index (χ1n) is 4.34. The molecular formula is C10H10N2S. The summed E-state index contributed by atoms with van der Waals surface area (Å²) in [4.78, 5) is 1.32. The zero-order valence-corrected chi connectivity index (χ0v) is 8.43. The average molecular weight is 190 g/mol. The van der Waals surface area contributed by atoms with Gasteiger partial charge in [0.2, 0.25) is 0 Å². The van der Waals surface area contributed by atoms with Crippen LogP contribution in [0.3, 0.4) is 0 Å². The normalized spacial score (nSPS) is 34.0. The Hall–Kier alpha value is -0.960. The van der Waals surface area contributed by atoms with E-state index in [9.17, 15) is 0 Å². The summed E-state index contributed by atoms with van der Waals surface area (Å²) in [5, 5.41) is 0. The van der Waals surface area contributed by atoms with E-state index in [1.165, 1.54) is 10.5 Å². The first-order chi connectivity index (χ1) is 6.22. The predicted octanol–water partition coefficient (Wildman–Crippen LogP) is 2.47. The molecule has 66 valence electrons. The van der Waals surface area contributed by atoms with E-state index in [2.05, 4.69) is 42.5 Å². The van der Waals surface area contributed by atoms with Crippen molar-refractivity contribution in [3.63, 3.8) is 0 Å². The number of fused-ring (bicyclic) bond motifs is 4. The van der Waals surface area contributed by atoms with Crippen molar-refractivity contribution in [3.8, 4) is 0 Å². The van der Waals surface area contributed by atoms with Gasteiger partial charge in [-0.15, -0.1) is 0 Å². The molecule has 3 heteroatoms. The molecule has 0 saturated heterocycles. The fraction of sp³-hybridized carbons (Fsp3) is 0.300. The molecule has 2 nitrogen and oxygen atoms in total. The molecule has 2 bridgehead atoms. The van der Waals surface area contributed by atoms with Crippen molar-refractivity contribution in [2.45, 2.75) is 24.3 Å². The van der Waals surface area contributed by atoms with Crippen LogP contribution in [0.2, 0.25) is 0 Å². The Bertz CT molecular complexity index is 462. The van der Waals surface area contributed by atoms with Crippen LogP contribution in [0.5, 0.6) is 0 Å². The monoisotopic (exact) mass is 190 g/mol. The Morgan fingerprint density at radius 2 is 2.08 bits per heavy atom. The first-order valence-corrected chi connectivity index (χ1v) is 5.48. The minimum Gasteiger partial charge on any atom is -0.221 e. The summed E-state index contributed by atoms with van der Waals surface area (Å²) in [5.74, 6) is 0. The molecule has 1 aromatic rings. The molecule has 0 radical (unpaired) electrons. The van der Waals surface area contributed by atoms with Gasteiger partial charge in [0.05, 0.1) is 5.71 Å². The fourth-order valence-corrected chi connectivity index (χ4v) is 3.76. The fourth-order valence-electron chi connectivity index (χ4n) is 1.85. The number of benzene rings is 1. The van der Waals surface area contributed by atoms with Gasteiger partial charge in [0.25, 0.3) is 0 Å². The highest BCUT2D eigenvalue weighted by atomic mass is 32.2. The quantitative estimate of drug-likeness (QED) is 0.600. The van der Waals surface area contributed by atoms with Crippen molar-refractivity contribution in [3.05, 3.63) is 29.8 Å². The van der Waals surface area contributed by atoms with Crippen LogP contribution < -0.4 is 0 Å². The molecule has 0 amide bonds. The Balaban J connectivity index is 2.35. The van der Waals surface area contributed by atoms with Crippen LogP contribution in [0, 0.1) is 0 Å². The molecule has 0 spiro atoms. The van der Waals surface area contributed by atoms with Crippen molar-refractivity contribution in [2.75, 3.05) is 0 Å². The molecule has 1 aromatic carbocycles.